The van der Waals surface area contributed by atoms with Crippen LogP contribution in [-0.4, -0.2) is 26.6 Å². The van der Waals surface area contributed by atoms with Crippen molar-refractivity contribution in [3.05, 3.63) is 20.8 Å². The second kappa shape index (κ2) is 4.08. The first kappa shape index (κ1) is 11.4. The highest BCUT2D eigenvalue weighted by molar-refractivity contribution is 5.71. The predicted octanol–water partition coefficient (Wildman–Crippen LogP) is 0.111. The lowest BCUT2D eigenvalue weighted by molar-refractivity contribution is 0.495. The lowest BCUT2D eigenvalue weighted by Crippen LogP contribution is -2.36. The van der Waals surface area contributed by atoms with E-state index < -0.39 is 5.69 Å². The van der Waals surface area contributed by atoms with Crippen LogP contribution in [0.25, 0.3) is 11.2 Å². The van der Waals surface area contributed by atoms with E-state index in [0.29, 0.717) is 18.0 Å². The summed E-state index contributed by atoms with van der Waals surface area (Å²) in [5.74, 6) is 0.674. The minimum atomic E-state index is -0.426. The number of imidazole rings is 1. The summed E-state index contributed by atoms with van der Waals surface area (Å²) in [6.07, 6.45) is 0. The van der Waals surface area contributed by atoms with E-state index in [1.807, 2.05) is 13.8 Å². The van der Waals surface area contributed by atoms with Gasteiger partial charge in [0.15, 0.2) is 11.2 Å². The maximum atomic E-state index is 12.1. The molecule has 0 bridgehead atoms. The summed E-state index contributed by atoms with van der Waals surface area (Å²) in [5.41, 5.74) is -0.171. The van der Waals surface area contributed by atoms with E-state index in [9.17, 15) is 9.59 Å². The third-order valence-electron chi connectivity index (χ3n) is 2.42. The van der Waals surface area contributed by atoms with Gasteiger partial charge in [-0.3, -0.25) is 14.3 Å². The van der Waals surface area contributed by atoms with Crippen LogP contribution < -0.4 is 16.6 Å². The molecule has 0 saturated carbocycles. The molecule has 2 aromatic heterocycles. The van der Waals surface area contributed by atoms with Crippen LogP contribution in [0.5, 0.6) is 0 Å². The number of fused-ring (bicyclic) bond motifs is 1. The van der Waals surface area contributed by atoms with Gasteiger partial charge in [0.1, 0.15) is 0 Å². The number of anilines is 1. The first-order chi connectivity index (χ1) is 8.02. The molecule has 0 atom stereocenters. The molecule has 0 aromatic carbocycles. The summed E-state index contributed by atoms with van der Waals surface area (Å²) in [6.45, 7) is 4.28. The summed E-state index contributed by atoms with van der Waals surface area (Å²) < 4.78 is 1.19. The molecule has 7 nitrogen and oxygen atoms in total. The Morgan fingerprint density at radius 3 is 2.65 bits per heavy atom. The zero-order chi connectivity index (χ0) is 12.6. The van der Waals surface area contributed by atoms with Gasteiger partial charge in [-0.25, -0.2) is 4.79 Å². The van der Waals surface area contributed by atoms with E-state index in [1.165, 1.54) is 4.57 Å². The molecule has 7 heteroatoms. The van der Waals surface area contributed by atoms with Crippen LogP contribution >= 0.6 is 0 Å². The number of hydrogen-bond acceptors (Lipinski definition) is 4. The Labute approximate surface area is 96.9 Å². The van der Waals surface area contributed by atoms with E-state index in [1.54, 1.807) is 7.05 Å². The zero-order valence-electron chi connectivity index (χ0n) is 10.00. The lowest BCUT2D eigenvalue weighted by atomic mass is 10.2. The predicted molar refractivity (Wildman–Crippen MR) is 65.4 cm³/mol. The largest absolute Gasteiger partial charge is 0.359 e. The molecule has 0 aliphatic rings. The van der Waals surface area contributed by atoms with Crippen molar-refractivity contribution in [3.8, 4) is 0 Å². The first-order valence-electron chi connectivity index (χ1n) is 5.43. The van der Waals surface area contributed by atoms with Crippen molar-refractivity contribution in [2.75, 3.05) is 12.4 Å². The van der Waals surface area contributed by atoms with Gasteiger partial charge in [-0.15, -0.1) is 0 Å². The summed E-state index contributed by atoms with van der Waals surface area (Å²) in [6, 6.07) is 0. The van der Waals surface area contributed by atoms with Crippen LogP contribution in [0.4, 0.5) is 5.95 Å². The van der Waals surface area contributed by atoms with Crippen LogP contribution in [0, 0.1) is 5.92 Å². The molecule has 0 radical (unpaired) electrons. The highest BCUT2D eigenvalue weighted by Gasteiger charge is 2.12. The molecule has 0 aliphatic carbocycles. The van der Waals surface area contributed by atoms with Gasteiger partial charge in [0.2, 0.25) is 5.95 Å². The molecule has 2 rings (SSSR count). The average molecular weight is 237 g/mol. The van der Waals surface area contributed by atoms with Crippen molar-refractivity contribution in [2.24, 2.45) is 5.92 Å². The van der Waals surface area contributed by atoms with Crippen molar-refractivity contribution in [1.29, 1.82) is 0 Å². The fourth-order valence-electron chi connectivity index (χ4n) is 1.66. The SMILES string of the molecule is CNc1nc2[nH]c(=O)n(CC(C)C)c(=O)c2[nH]1. The second-order valence-electron chi connectivity index (χ2n) is 4.30. The Bertz CT molecular complexity index is 649. The molecule has 92 valence electrons. The standard InChI is InChI=1S/C10H15N5O2/c1-5(2)4-15-8(16)6-7(14-10(15)17)13-9(11-3)12-6/h5H,4H2,1-3H3,(H,14,17)(H2,11,12,13). The number of nitrogens with one attached hydrogen (secondary N) is 3. The van der Waals surface area contributed by atoms with Gasteiger partial charge in [0.25, 0.3) is 5.56 Å². The van der Waals surface area contributed by atoms with Crippen molar-refractivity contribution in [2.45, 2.75) is 20.4 Å². The van der Waals surface area contributed by atoms with Gasteiger partial charge in [0.05, 0.1) is 0 Å². The Morgan fingerprint density at radius 2 is 2.06 bits per heavy atom. The molecule has 3 N–H and O–H groups in total. The number of rotatable bonds is 3. The minimum Gasteiger partial charge on any atom is -0.359 e. The molecule has 0 unspecified atom stereocenters. The van der Waals surface area contributed by atoms with Crippen molar-refractivity contribution < 1.29 is 0 Å². The van der Waals surface area contributed by atoms with Gasteiger partial charge in [0, 0.05) is 13.6 Å². The van der Waals surface area contributed by atoms with Crippen LogP contribution in [0.2, 0.25) is 0 Å². The summed E-state index contributed by atoms with van der Waals surface area (Å²) in [4.78, 5) is 33.2. The number of aromatic nitrogens is 4. The van der Waals surface area contributed by atoms with E-state index in [2.05, 4.69) is 20.3 Å². The van der Waals surface area contributed by atoms with Gasteiger partial charge >= 0.3 is 5.69 Å². The van der Waals surface area contributed by atoms with Crippen LogP contribution in [-0.2, 0) is 6.54 Å². The van der Waals surface area contributed by atoms with Crippen LogP contribution in [0.15, 0.2) is 9.59 Å². The number of aromatic amines is 2. The minimum absolute atomic E-state index is 0.220. The maximum absolute atomic E-state index is 12.1. The van der Waals surface area contributed by atoms with Crippen LogP contribution in [0.3, 0.4) is 0 Å². The molecule has 0 amide bonds. The fourth-order valence-corrected chi connectivity index (χ4v) is 1.66. The summed E-state index contributed by atoms with van der Waals surface area (Å²) in [5, 5.41) is 2.79. The molecular weight excluding hydrogens is 222 g/mol. The highest BCUT2D eigenvalue weighted by atomic mass is 16.2. The van der Waals surface area contributed by atoms with Crippen molar-refractivity contribution in [1.82, 2.24) is 19.5 Å². The first-order valence-corrected chi connectivity index (χ1v) is 5.43. The van der Waals surface area contributed by atoms with E-state index in [-0.39, 0.29) is 17.1 Å². The zero-order valence-corrected chi connectivity index (χ0v) is 10.00. The van der Waals surface area contributed by atoms with Gasteiger partial charge in [-0.1, -0.05) is 13.8 Å². The van der Waals surface area contributed by atoms with Gasteiger partial charge < -0.3 is 10.3 Å². The molecule has 2 aromatic rings. The van der Waals surface area contributed by atoms with Gasteiger partial charge in [-0.2, -0.15) is 4.98 Å². The molecule has 0 fully saturated rings. The fraction of sp³-hybridized carbons (Fsp3) is 0.500. The Balaban J connectivity index is 2.70. The molecule has 0 spiro atoms. The Morgan fingerprint density at radius 1 is 1.35 bits per heavy atom. The van der Waals surface area contributed by atoms with E-state index >= 15 is 0 Å². The monoisotopic (exact) mass is 237 g/mol. The van der Waals surface area contributed by atoms with E-state index in [0.717, 1.165) is 0 Å². The third-order valence-corrected chi connectivity index (χ3v) is 2.42. The third kappa shape index (κ3) is 1.95. The Kier molecular flexibility index (Phi) is 2.74. The molecule has 0 saturated heterocycles. The van der Waals surface area contributed by atoms with Gasteiger partial charge in [-0.05, 0) is 5.92 Å². The summed E-state index contributed by atoms with van der Waals surface area (Å²) >= 11 is 0. The molecular formula is C10H15N5O2. The molecule has 17 heavy (non-hydrogen) atoms. The van der Waals surface area contributed by atoms with Crippen molar-refractivity contribution in [3.63, 3.8) is 0 Å². The number of hydrogen-bond donors (Lipinski definition) is 3. The normalized spacial score (nSPS) is 11.3. The Hall–Kier alpha value is -2.05. The quantitative estimate of drug-likeness (QED) is 0.706. The van der Waals surface area contributed by atoms with Crippen molar-refractivity contribution >= 4 is 17.1 Å². The molecule has 2 heterocycles. The summed E-state index contributed by atoms with van der Waals surface area (Å²) in [7, 11) is 1.68. The highest BCUT2D eigenvalue weighted by Crippen LogP contribution is 2.05. The molecule has 0 aliphatic heterocycles. The van der Waals surface area contributed by atoms with E-state index in [4.69, 9.17) is 0 Å². The maximum Gasteiger partial charge on any atom is 0.330 e. The smallest absolute Gasteiger partial charge is 0.330 e. The number of H-pyrrole nitrogens is 2. The average Bonchev–Trinajstić information content (AvgIpc) is 2.67. The van der Waals surface area contributed by atoms with Crippen LogP contribution in [0.1, 0.15) is 13.8 Å². The topological polar surface area (TPSA) is 95.6 Å². The lowest BCUT2D eigenvalue weighted by Gasteiger charge is -2.06. The second-order valence-corrected chi connectivity index (χ2v) is 4.30. The number of nitrogens with zero attached hydrogens (tertiary/aromatic N) is 2.